The lowest BCUT2D eigenvalue weighted by atomic mass is 10.1. The van der Waals surface area contributed by atoms with E-state index in [1.807, 2.05) is 0 Å². The lowest BCUT2D eigenvalue weighted by Crippen LogP contribution is -2.50. The summed E-state index contributed by atoms with van der Waals surface area (Å²) < 4.78 is 6.14. The molecule has 156 valence electrons. The molecule has 2 saturated heterocycles. The molecule has 2 atom stereocenters. The van der Waals surface area contributed by atoms with Gasteiger partial charge in [-0.1, -0.05) is 30.3 Å². The Hall–Kier alpha value is -1.63. The van der Waals surface area contributed by atoms with E-state index in [9.17, 15) is 0 Å². The number of benzene rings is 1. The van der Waals surface area contributed by atoms with Gasteiger partial charge in [0.1, 0.15) is 0 Å². The summed E-state index contributed by atoms with van der Waals surface area (Å²) in [5.41, 5.74) is 1.40. The van der Waals surface area contributed by atoms with Gasteiger partial charge in [0.15, 0.2) is 5.96 Å². The fourth-order valence-corrected chi connectivity index (χ4v) is 3.78. The first-order chi connectivity index (χ1) is 13.4. The Bertz CT molecular complexity index is 646. The number of likely N-dealkylation sites (N-methyl/N-ethyl adjacent to an activating group) is 1. The highest BCUT2D eigenvalue weighted by molar-refractivity contribution is 5.80. The average molecular weight is 388 g/mol. The summed E-state index contributed by atoms with van der Waals surface area (Å²) in [7, 11) is 4.23. The third-order valence-corrected chi connectivity index (χ3v) is 6.11. The summed E-state index contributed by atoms with van der Waals surface area (Å²) in [6.45, 7) is 12.9. The molecule has 1 aromatic carbocycles. The van der Waals surface area contributed by atoms with E-state index in [1.165, 1.54) is 5.56 Å². The van der Waals surface area contributed by atoms with Crippen molar-refractivity contribution in [2.75, 3.05) is 53.4 Å². The summed E-state index contributed by atoms with van der Waals surface area (Å²) in [4.78, 5) is 12.2. The normalized spacial score (nSPS) is 23.9. The Morgan fingerprint density at radius 1 is 1.25 bits per heavy atom. The number of ether oxygens (including phenoxy) is 1. The van der Waals surface area contributed by atoms with Crippen LogP contribution in [-0.2, 0) is 11.3 Å². The highest BCUT2D eigenvalue weighted by Gasteiger charge is 2.41. The zero-order chi connectivity index (χ0) is 20.1. The molecular formula is C22H37N5O. The van der Waals surface area contributed by atoms with Crippen LogP contribution in [0.15, 0.2) is 35.3 Å². The Balaban J connectivity index is 1.69. The van der Waals surface area contributed by atoms with Crippen LogP contribution in [0.5, 0.6) is 0 Å². The number of rotatable bonds is 6. The summed E-state index contributed by atoms with van der Waals surface area (Å²) in [6.07, 6.45) is 0.253. The number of morpholine rings is 1. The fraction of sp³-hybridized carbons (Fsp3) is 0.682. The molecule has 1 aromatic rings. The average Bonchev–Trinajstić information content (AvgIpc) is 3.11. The standard InChI is InChI=1S/C22H37N5O/c1-6-23-21(24-17-22(2,3)25(4)5)27-15-19-20(16-27)28-13-12-26(19)14-18-10-8-7-9-11-18/h7-11,19-20H,6,12-17H2,1-5H3,(H,23,24). The van der Waals surface area contributed by atoms with Gasteiger partial charge in [0.05, 0.1) is 25.3 Å². The van der Waals surface area contributed by atoms with Crippen molar-refractivity contribution in [2.45, 2.75) is 45.0 Å². The molecule has 0 saturated carbocycles. The van der Waals surface area contributed by atoms with Crippen molar-refractivity contribution >= 4 is 5.96 Å². The van der Waals surface area contributed by atoms with Crippen molar-refractivity contribution in [3.05, 3.63) is 35.9 Å². The predicted octanol–water partition coefficient (Wildman–Crippen LogP) is 1.88. The van der Waals surface area contributed by atoms with Gasteiger partial charge in [0, 0.05) is 38.3 Å². The van der Waals surface area contributed by atoms with Crippen molar-refractivity contribution in [1.29, 1.82) is 0 Å². The molecule has 3 rings (SSSR count). The highest BCUT2D eigenvalue weighted by atomic mass is 16.5. The van der Waals surface area contributed by atoms with Gasteiger partial charge in [-0.3, -0.25) is 9.89 Å². The van der Waals surface area contributed by atoms with Gasteiger partial charge < -0.3 is 19.9 Å². The van der Waals surface area contributed by atoms with E-state index in [0.717, 1.165) is 51.8 Å². The molecule has 0 bridgehead atoms. The molecule has 2 aliphatic rings. The zero-order valence-electron chi connectivity index (χ0n) is 18.2. The van der Waals surface area contributed by atoms with Crippen molar-refractivity contribution < 1.29 is 4.74 Å². The maximum atomic E-state index is 6.14. The molecule has 2 fully saturated rings. The van der Waals surface area contributed by atoms with E-state index in [1.54, 1.807) is 0 Å². The number of hydrogen-bond donors (Lipinski definition) is 1. The number of fused-ring (bicyclic) bond motifs is 1. The maximum absolute atomic E-state index is 6.14. The van der Waals surface area contributed by atoms with Gasteiger partial charge in [-0.25, -0.2) is 0 Å². The Labute approximate surface area is 170 Å². The highest BCUT2D eigenvalue weighted by Crippen LogP contribution is 2.25. The minimum atomic E-state index is 0.0308. The Morgan fingerprint density at radius 3 is 2.68 bits per heavy atom. The van der Waals surface area contributed by atoms with Gasteiger partial charge in [0.2, 0.25) is 0 Å². The second-order valence-corrected chi connectivity index (χ2v) is 8.71. The minimum Gasteiger partial charge on any atom is -0.373 e. The Morgan fingerprint density at radius 2 is 2.00 bits per heavy atom. The molecular weight excluding hydrogens is 350 g/mol. The van der Waals surface area contributed by atoms with Crippen LogP contribution >= 0.6 is 0 Å². The van der Waals surface area contributed by atoms with Crippen molar-refractivity contribution in [3.63, 3.8) is 0 Å². The van der Waals surface area contributed by atoms with Crippen LogP contribution in [0.25, 0.3) is 0 Å². The summed E-state index contributed by atoms with van der Waals surface area (Å²) in [5, 5.41) is 3.49. The van der Waals surface area contributed by atoms with Crippen LogP contribution in [0.1, 0.15) is 26.3 Å². The predicted molar refractivity (Wildman–Crippen MR) is 116 cm³/mol. The van der Waals surface area contributed by atoms with Crippen molar-refractivity contribution in [1.82, 2.24) is 20.0 Å². The number of guanidine groups is 1. The van der Waals surface area contributed by atoms with E-state index in [2.05, 4.69) is 85.2 Å². The first-order valence-electron chi connectivity index (χ1n) is 10.5. The number of nitrogens with one attached hydrogen (secondary N) is 1. The fourth-order valence-electron chi connectivity index (χ4n) is 3.78. The molecule has 2 heterocycles. The SMILES string of the molecule is CCNC(=NCC(C)(C)N(C)C)N1CC2OCCN(Cc3ccccc3)C2C1. The third kappa shape index (κ3) is 5.04. The molecule has 1 N–H and O–H groups in total. The van der Waals surface area contributed by atoms with E-state index >= 15 is 0 Å². The molecule has 0 radical (unpaired) electrons. The summed E-state index contributed by atoms with van der Waals surface area (Å²) in [6, 6.07) is 11.2. The topological polar surface area (TPSA) is 43.3 Å². The van der Waals surface area contributed by atoms with E-state index in [0.29, 0.717) is 6.04 Å². The van der Waals surface area contributed by atoms with Crippen molar-refractivity contribution in [2.24, 2.45) is 4.99 Å². The molecule has 28 heavy (non-hydrogen) atoms. The van der Waals surface area contributed by atoms with E-state index in [-0.39, 0.29) is 11.6 Å². The number of hydrogen-bond acceptors (Lipinski definition) is 4. The van der Waals surface area contributed by atoms with Crippen LogP contribution in [0.3, 0.4) is 0 Å². The molecule has 2 aliphatic heterocycles. The van der Waals surface area contributed by atoms with Gasteiger partial charge >= 0.3 is 0 Å². The van der Waals surface area contributed by atoms with Gasteiger partial charge in [-0.15, -0.1) is 0 Å². The zero-order valence-corrected chi connectivity index (χ0v) is 18.2. The smallest absolute Gasteiger partial charge is 0.194 e. The van der Waals surface area contributed by atoms with Crippen molar-refractivity contribution in [3.8, 4) is 0 Å². The second kappa shape index (κ2) is 9.25. The van der Waals surface area contributed by atoms with Gasteiger partial charge in [-0.2, -0.15) is 0 Å². The van der Waals surface area contributed by atoms with Crippen LogP contribution in [0.4, 0.5) is 0 Å². The number of nitrogens with zero attached hydrogens (tertiary/aromatic N) is 4. The summed E-state index contributed by atoms with van der Waals surface area (Å²) in [5.74, 6) is 1.01. The first kappa shape index (κ1) is 21.1. The van der Waals surface area contributed by atoms with Gasteiger partial charge in [-0.05, 0) is 40.4 Å². The van der Waals surface area contributed by atoms with Crippen LogP contribution < -0.4 is 5.32 Å². The molecule has 0 aromatic heterocycles. The third-order valence-electron chi connectivity index (χ3n) is 6.11. The largest absolute Gasteiger partial charge is 0.373 e. The molecule has 6 nitrogen and oxygen atoms in total. The Kier molecular flexibility index (Phi) is 6.96. The van der Waals surface area contributed by atoms with Crippen LogP contribution in [-0.4, -0.2) is 91.8 Å². The van der Waals surface area contributed by atoms with Crippen LogP contribution in [0, 0.1) is 0 Å². The van der Waals surface area contributed by atoms with Gasteiger partial charge in [0.25, 0.3) is 0 Å². The minimum absolute atomic E-state index is 0.0308. The maximum Gasteiger partial charge on any atom is 0.194 e. The molecule has 0 aliphatic carbocycles. The molecule has 0 amide bonds. The summed E-state index contributed by atoms with van der Waals surface area (Å²) >= 11 is 0. The molecule has 6 heteroatoms. The monoisotopic (exact) mass is 387 g/mol. The lowest BCUT2D eigenvalue weighted by Gasteiger charge is -2.36. The van der Waals surface area contributed by atoms with Crippen LogP contribution in [0.2, 0.25) is 0 Å². The number of aliphatic imine (C=N–C) groups is 1. The lowest BCUT2D eigenvalue weighted by molar-refractivity contribution is -0.0502. The number of likely N-dealkylation sites (tertiary alicyclic amines) is 1. The molecule has 2 unspecified atom stereocenters. The van der Waals surface area contributed by atoms with E-state index < -0.39 is 0 Å². The quantitative estimate of drug-likeness (QED) is 0.596. The first-order valence-corrected chi connectivity index (χ1v) is 10.5. The molecule has 0 spiro atoms. The van der Waals surface area contributed by atoms with E-state index in [4.69, 9.17) is 9.73 Å². The second-order valence-electron chi connectivity index (χ2n) is 8.71.